The fourth-order valence-corrected chi connectivity index (χ4v) is 2.59. The Balaban J connectivity index is 1.79. The summed E-state index contributed by atoms with van der Waals surface area (Å²) >= 11 is 0. The molecule has 1 amide bonds. The van der Waals surface area contributed by atoms with Crippen molar-refractivity contribution in [3.8, 4) is 0 Å². The summed E-state index contributed by atoms with van der Waals surface area (Å²) in [5.41, 5.74) is 1.20. The summed E-state index contributed by atoms with van der Waals surface area (Å²) < 4.78 is 7.37. The summed E-state index contributed by atoms with van der Waals surface area (Å²) in [4.78, 5) is 25.7. The minimum absolute atomic E-state index is 0.0693. The van der Waals surface area contributed by atoms with Crippen LogP contribution < -0.4 is 5.56 Å². The van der Waals surface area contributed by atoms with Crippen LogP contribution in [0.15, 0.2) is 4.79 Å². The van der Waals surface area contributed by atoms with Crippen molar-refractivity contribution in [1.29, 1.82) is 0 Å². The van der Waals surface area contributed by atoms with E-state index in [1.807, 2.05) is 25.5 Å². The first-order chi connectivity index (χ1) is 9.35. The SMILES string of the molecule is CC(C)(C)OC(=O)N1CCc2c(c(=O)[nH]n2C2CC2)C1. The van der Waals surface area contributed by atoms with Gasteiger partial charge < -0.3 is 9.64 Å². The molecule has 1 fully saturated rings. The van der Waals surface area contributed by atoms with Gasteiger partial charge in [-0.2, -0.15) is 0 Å². The summed E-state index contributed by atoms with van der Waals surface area (Å²) in [5.74, 6) is 0. The molecule has 1 aliphatic carbocycles. The molecule has 0 unspecified atom stereocenters. The Morgan fingerprint density at radius 3 is 2.65 bits per heavy atom. The molecule has 6 nitrogen and oxygen atoms in total. The number of hydrogen-bond acceptors (Lipinski definition) is 3. The van der Waals surface area contributed by atoms with Crippen molar-refractivity contribution in [3.05, 3.63) is 21.6 Å². The molecule has 1 saturated carbocycles. The van der Waals surface area contributed by atoms with Crippen molar-refractivity contribution in [2.24, 2.45) is 0 Å². The predicted molar refractivity (Wildman–Crippen MR) is 73.7 cm³/mol. The number of aromatic amines is 1. The van der Waals surface area contributed by atoms with E-state index in [1.54, 1.807) is 4.90 Å². The van der Waals surface area contributed by atoms with Gasteiger partial charge in [0.15, 0.2) is 0 Å². The van der Waals surface area contributed by atoms with Gasteiger partial charge in [-0.3, -0.25) is 14.6 Å². The Bertz CT molecular complexity index is 590. The third-order valence-electron chi connectivity index (χ3n) is 3.67. The topological polar surface area (TPSA) is 67.3 Å². The lowest BCUT2D eigenvalue weighted by atomic mass is 10.1. The minimum Gasteiger partial charge on any atom is -0.444 e. The molecular formula is C14H21N3O3. The number of nitrogens with zero attached hydrogens (tertiary/aromatic N) is 2. The van der Waals surface area contributed by atoms with Gasteiger partial charge in [0, 0.05) is 18.7 Å². The molecule has 0 aromatic carbocycles. The van der Waals surface area contributed by atoms with E-state index in [4.69, 9.17) is 4.74 Å². The standard InChI is InChI=1S/C14H21N3O3/c1-14(2,3)20-13(19)16-7-6-11-10(8-16)12(18)15-17(11)9-4-5-9/h9H,4-8H2,1-3H3,(H,15,18). The number of carbonyl (C=O) groups excluding carboxylic acids is 1. The molecule has 1 N–H and O–H groups in total. The van der Waals surface area contributed by atoms with Gasteiger partial charge in [0.05, 0.1) is 18.2 Å². The molecule has 6 heteroatoms. The average Bonchev–Trinajstić information content (AvgIpc) is 3.13. The molecule has 0 bridgehead atoms. The van der Waals surface area contributed by atoms with E-state index in [1.165, 1.54) is 0 Å². The van der Waals surface area contributed by atoms with Crippen LogP contribution in [0, 0.1) is 0 Å². The second-order valence-corrected chi connectivity index (χ2v) is 6.62. The number of carbonyl (C=O) groups is 1. The van der Waals surface area contributed by atoms with Gasteiger partial charge in [-0.15, -0.1) is 0 Å². The first-order valence-electron chi connectivity index (χ1n) is 7.15. The fourth-order valence-electron chi connectivity index (χ4n) is 2.59. The van der Waals surface area contributed by atoms with E-state index < -0.39 is 5.60 Å². The van der Waals surface area contributed by atoms with E-state index in [-0.39, 0.29) is 11.7 Å². The number of H-pyrrole nitrogens is 1. The lowest BCUT2D eigenvalue weighted by molar-refractivity contribution is 0.0222. The van der Waals surface area contributed by atoms with Crippen LogP contribution >= 0.6 is 0 Å². The Kier molecular flexibility index (Phi) is 2.92. The second kappa shape index (κ2) is 4.40. The monoisotopic (exact) mass is 279 g/mol. The van der Waals surface area contributed by atoms with Crippen molar-refractivity contribution in [1.82, 2.24) is 14.7 Å². The van der Waals surface area contributed by atoms with Gasteiger partial charge in [-0.25, -0.2) is 4.79 Å². The quantitative estimate of drug-likeness (QED) is 0.852. The van der Waals surface area contributed by atoms with Gasteiger partial charge in [0.25, 0.3) is 5.56 Å². The maximum absolute atomic E-state index is 12.1. The first-order valence-corrected chi connectivity index (χ1v) is 7.15. The molecular weight excluding hydrogens is 258 g/mol. The zero-order valence-corrected chi connectivity index (χ0v) is 12.2. The molecule has 0 spiro atoms. The van der Waals surface area contributed by atoms with Crippen LogP contribution in [0.3, 0.4) is 0 Å². The Hall–Kier alpha value is -1.72. The number of aromatic nitrogens is 2. The third kappa shape index (κ3) is 2.46. The molecule has 1 aromatic heterocycles. The van der Waals surface area contributed by atoms with Crippen molar-refractivity contribution in [2.75, 3.05) is 6.54 Å². The summed E-state index contributed by atoms with van der Waals surface area (Å²) in [6, 6.07) is 0.458. The molecule has 20 heavy (non-hydrogen) atoms. The summed E-state index contributed by atoms with van der Waals surface area (Å²) in [7, 11) is 0. The molecule has 3 rings (SSSR count). The average molecular weight is 279 g/mol. The van der Waals surface area contributed by atoms with Crippen LogP contribution in [0.2, 0.25) is 0 Å². The second-order valence-electron chi connectivity index (χ2n) is 6.62. The minimum atomic E-state index is -0.510. The van der Waals surface area contributed by atoms with Crippen LogP contribution in [-0.4, -0.2) is 32.9 Å². The zero-order valence-electron chi connectivity index (χ0n) is 12.2. The summed E-state index contributed by atoms with van der Waals surface area (Å²) in [6.07, 6.45) is 2.63. The number of nitrogens with one attached hydrogen (secondary N) is 1. The fraction of sp³-hybridized carbons (Fsp3) is 0.714. The van der Waals surface area contributed by atoms with Gasteiger partial charge in [-0.05, 0) is 33.6 Å². The van der Waals surface area contributed by atoms with Crippen LogP contribution in [0.5, 0.6) is 0 Å². The Labute approximate surface area is 117 Å². The Morgan fingerprint density at radius 1 is 1.35 bits per heavy atom. The van der Waals surface area contributed by atoms with E-state index in [9.17, 15) is 9.59 Å². The molecule has 0 radical (unpaired) electrons. The molecule has 110 valence electrons. The van der Waals surface area contributed by atoms with E-state index >= 15 is 0 Å². The summed E-state index contributed by atoms with van der Waals surface area (Å²) in [6.45, 7) is 6.48. The third-order valence-corrected chi connectivity index (χ3v) is 3.67. The molecule has 0 atom stereocenters. The van der Waals surface area contributed by atoms with E-state index in [0.29, 0.717) is 31.1 Å². The van der Waals surface area contributed by atoms with Crippen molar-refractivity contribution in [3.63, 3.8) is 0 Å². The maximum atomic E-state index is 12.1. The highest BCUT2D eigenvalue weighted by atomic mass is 16.6. The number of hydrogen-bond donors (Lipinski definition) is 1. The van der Waals surface area contributed by atoms with Crippen LogP contribution in [0.4, 0.5) is 4.79 Å². The van der Waals surface area contributed by atoms with Crippen LogP contribution in [0.25, 0.3) is 0 Å². The van der Waals surface area contributed by atoms with Gasteiger partial charge in [-0.1, -0.05) is 0 Å². The van der Waals surface area contributed by atoms with Crippen LogP contribution in [0.1, 0.15) is 50.9 Å². The lowest BCUT2D eigenvalue weighted by Gasteiger charge is -2.30. The van der Waals surface area contributed by atoms with Crippen molar-refractivity contribution in [2.45, 2.75) is 58.2 Å². The molecule has 1 aromatic rings. The van der Waals surface area contributed by atoms with Gasteiger partial charge in [0.1, 0.15) is 5.60 Å². The smallest absolute Gasteiger partial charge is 0.410 e. The number of fused-ring (bicyclic) bond motifs is 1. The van der Waals surface area contributed by atoms with E-state index in [2.05, 4.69) is 5.10 Å². The first kappa shape index (κ1) is 13.3. The van der Waals surface area contributed by atoms with Gasteiger partial charge >= 0.3 is 6.09 Å². The Morgan fingerprint density at radius 2 is 2.05 bits per heavy atom. The van der Waals surface area contributed by atoms with Crippen molar-refractivity contribution < 1.29 is 9.53 Å². The number of rotatable bonds is 1. The highest BCUT2D eigenvalue weighted by molar-refractivity contribution is 5.68. The summed E-state index contributed by atoms with van der Waals surface area (Å²) in [5, 5.41) is 2.91. The molecule has 1 aliphatic heterocycles. The molecule has 2 heterocycles. The predicted octanol–water partition coefficient (Wildman–Crippen LogP) is 1.80. The highest BCUT2D eigenvalue weighted by Crippen LogP contribution is 2.36. The normalized spacial score (nSPS) is 18.9. The number of amides is 1. The number of ether oxygens (including phenoxy) is 1. The van der Waals surface area contributed by atoms with Crippen molar-refractivity contribution >= 4 is 6.09 Å². The van der Waals surface area contributed by atoms with Gasteiger partial charge in [0.2, 0.25) is 0 Å². The largest absolute Gasteiger partial charge is 0.444 e. The molecule has 0 saturated heterocycles. The zero-order chi connectivity index (χ0) is 14.5. The highest BCUT2D eigenvalue weighted by Gasteiger charge is 2.33. The lowest BCUT2D eigenvalue weighted by Crippen LogP contribution is -2.41. The molecule has 2 aliphatic rings. The van der Waals surface area contributed by atoms with Crippen LogP contribution in [-0.2, 0) is 17.7 Å². The maximum Gasteiger partial charge on any atom is 0.410 e. The van der Waals surface area contributed by atoms with E-state index in [0.717, 1.165) is 18.5 Å².